The molecular formula is C23H27N5O4S. The Morgan fingerprint density at radius 1 is 1.12 bits per heavy atom. The molecule has 4 rings (SSSR count). The summed E-state index contributed by atoms with van der Waals surface area (Å²) < 4.78 is 33.2. The second-order valence-electron chi connectivity index (χ2n) is 8.46. The summed E-state index contributed by atoms with van der Waals surface area (Å²) in [5, 5.41) is 9.44. The van der Waals surface area contributed by atoms with E-state index in [0.29, 0.717) is 30.2 Å². The number of carbonyl (C=O) groups is 1. The zero-order valence-corrected chi connectivity index (χ0v) is 19.6. The standard InChI is InChI=1S/C23H27N5O4S/c1-15-11-16(2)14-28(13-15)33(30,31)18-8-6-7-17(12-18)22(29)25-23-24-21(26-27-23)19-9-4-5-10-20(19)32-3/h4-10,12,15-16H,11,13-14H2,1-3H3,(H2,24,25,26,27,29)/t15-,16+. The van der Waals surface area contributed by atoms with Crippen LogP contribution in [-0.4, -0.2) is 54.0 Å². The van der Waals surface area contributed by atoms with Crippen LogP contribution in [0.15, 0.2) is 53.4 Å². The number of anilines is 1. The number of H-pyrrole nitrogens is 1. The Bertz CT molecular complexity index is 1250. The van der Waals surface area contributed by atoms with Gasteiger partial charge in [0.1, 0.15) is 5.75 Å². The van der Waals surface area contributed by atoms with Gasteiger partial charge in [0.2, 0.25) is 16.0 Å². The lowest BCUT2D eigenvalue weighted by Gasteiger charge is -2.34. The van der Waals surface area contributed by atoms with Crippen molar-refractivity contribution < 1.29 is 17.9 Å². The summed E-state index contributed by atoms with van der Waals surface area (Å²) in [7, 11) is -2.13. The number of amides is 1. The predicted molar refractivity (Wildman–Crippen MR) is 124 cm³/mol. The highest BCUT2D eigenvalue weighted by atomic mass is 32.2. The number of hydrogen-bond acceptors (Lipinski definition) is 6. The zero-order chi connectivity index (χ0) is 23.6. The van der Waals surface area contributed by atoms with Gasteiger partial charge in [-0.15, -0.1) is 5.10 Å². The van der Waals surface area contributed by atoms with Gasteiger partial charge in [0.15, 0.2) is 5.82 Å². The first-order valence-corrected chi connectivity index (χ1v) is 12.2. The average Bonchev–Trinajstić information content (AvgIpc) is 3.26. The van der Waals surface area contributed by atoms with Gasteiger partial charge < -0.3 is 4.74 Å². The van der Waals surface area contributed by atoms with Gasteiger partial charge >= 0.3 is 0 Å². The fourth-order valence-corrected chi connectivity index (χ4v) is 5.93. The second-order valence-corrected chi connectivity index (χ2v) is 10.4. The maximum Gasteiger partial charge on any atom is 0.258 e. The number of para-hydroxylation sites is 1. The van der Waals surface area contributed by atoms with E-state index in [0.717, 1.165) is 6.42 Å². The van der Waals surface area contributed by atoms with E-state index in [1.54, 1.807) is 25.3 Å². The summed E-state index contributed by atoms with van der Waals surface area (Å²) in [6.45, 7) is 5.06. The molecule has 1 aliphatic rings. The third-order valence-corrected chi connectivity index (χ3v) is 7.47. The summed E-state index contributed by atoms with van der Waals surface area (Å²) in [6, 6.07) is 13.3. The quantitative estimate of drug-likeness (QED) is 0.571. The molecule has 33 heavy (non-hydrogen) atoms. The van der Waals surface area contributed by atoms with E-state index in [-0.39, 0.29) is 28.2 Å². The number of sulfonamides is 1. The number of methoxy groups -OCH3 is 1. The summed E-state index contributed by atoms with van der Waals surface area (Å²) in [5.41, 5.74) is 0.906. The fraction of sp³-hybridized carbons (Fsp3) is 0.348. The number of nitrogens with zero attached hydrogens (tertiary/aromatic N) is 3. The number of ether oxygens (including phenoxy) is 1. The van der Waals surface area contributed by atoms with E-state index in [1.165, 1.54) is 16.4 Å². The van der Waals surface area contributed by atoms with E-state index in [9.17, 15) is 13.2 Å². The molecule has 2 atom stereocenters. The lowest BCUT2D eigenvalue weighted by atomic mass is 9.94. The van der Waals surface area contributed by atoms with Gasteiger partial charge in [-0.25, -0.2) is 8.42 Å². The van der Waals surface area contributed by atoms with Crippen molar-refractivity contribution in [3.63, 3.8) is 0 Å². The van der Waals surface area contributed by atoms with Crippen LogP contribution in [0, 0.1) is 11.8 Å². The van der Waals surface area contributed by atoms with Crippen molar-refractivity contribution in [3.05, 3.63) is 54.1 Å². The van der Waals surface area contributed by atoms with Crippen molar-refractivity contribution >= 4 is 21.9 Å². The van der Waals surface area contributed by atoms with Gasteiger partial charge in [0.05, 0.1) is 17.6 Å². The van der Waals surface area contributed by atoms with Crippen molar-refractivity contribution in [2.75, 3.05) is 25.5 Å². The maximum absolute atomic E-state index is 13.2. The number of nitrogens with one attached hydrogen (secondary N) is 2. The van der Waals surface area contributed by atoms with Gasteiger partial charge in [-0.3, -0.25) is 15.2 Å². The third-order valence-electron chi connectivity index (χ3n) is 5.64. The summed E-state index contributed by atoms with van der Waals surface area (Å²) in [4.78, 5) is 17.2. The van der Waals surface area contributed by atoms with Gasteiger partial charge in [0.25, 0.3) is 5.91 Å². The molecule has 174 valence electrons. The van der Waals surface area contributed by atoms with Crippen molar-refractivity contribution in [1.29, 1.82) is 0 Å². The Morgan fingerprint density at radius 3 is 2.58 bits per heavy atom. The summed E-state index contributed by atoms with van der Waals surface area (Å²) >= 11 is 0. The average molecular weight is 470 g/mol. The van der Waals surface area contributed by atoms with E-state index < -0.39 is 15.9 Å². The normalized spacial score (nSPS) is 19.2. The van der Waals surface area contributed by atoms with Crippen molar-refractivity contribution in [1.82, 2.24) is 19.5 Å². The minimum atomic E-state index is -3.69. The van der Waals surface area contributed by atoms with Crippen LogP contribution in [0.4, 0.5) is 5.95 Å². The highest BCUT2D eigenvalue weighted by Crippen LogP contribution is 2.28. The zero-order valence-electron chi connectivity index (χ0n) is 18.8. The monoisotopic (exact) mass is 469 g/mol. The molecule has 2 N–H and O–H groups in total. The lowest BCUT2D eigenvalue weighted by molar-refractivity contribution is 0.102. The molecule has 2 aromatic carbocycles. The molecule has 0 spiro atoms. The molecule has 1 aliphatic heterocycles. The number of hydrogen-bond donors (Lipinski definition) is 2. The first kappa shape index (κ1) is 22.9. The second kappa shape index (κ2) is 9.32. The van der Waals surface area contributed by atoms with Gasteiger partial charge in [-0.1, -0.05) is 32.0 Å². The minimum absolute atomic E-state index is 0.0767. The number of carbonyl (C=O) groups excluding carboxylic acids is 1. The SMILES string of the molecule is COc1ccccc1-c1nc(NC(=O)c2cccc(S(=O)(=O)N3C[C@H](C)C[C@H](C)C3)c2)n[nH]1. The molecule has 3 aromatic rings. The Hall–Kier alpha value is -3.24. The molecule has 0 unspecified atom stereocenters. The summed E-state index contributed by atoms with van der Waals surface area (Å²) in [6.07, 6.45) is 1.00. The molecular weight excluding hydrogens is 442 g/mol. The highest BCUT2D eigenvalue weighted by Gasteiger charge is 2.32. The molecule has 1 aromatic heterocycles. The maximum atomic E-state index is 13.2. The molecule has 0 aliphatic carbocycles. The number of aromatic nitrogens is 3. The van der Waals surface area contributed by atoms with Crippen LogP contribution in [0.2, 0.25) is 0 Å². The first-order chi connectivity index (χ1) is 15.8. The molecule has 1 saturated heterocycles. The van der Waals surface area contributed by atoms with Crippen molar-refractivity contribution in [2.45, 2.75) is 25.2 Å². The Kier molecular flexibility index (Phi) is 6.48. The number of piperidine rings is 1. The van der Waals surface area contributed by atoms with Crippen LogP contribution in [0.25, 0.3) is 11.4 Å². The Morgan fingerprint density at radius 2 is 1.85 bits per heavy atom. The van der Waals surface area contributed by atoms with Crippen LogP contribution in [0.3, 0.4) is 0 Å². The van der Waals surface area contributed by atoms with Crippen LogP contribution >= 0.6 is 0 Å². The number of aromatic amines is 1. The predicted octanol–water partition coefficient (Wildman–Crippen LogP) is 3.40. The van der Waals surface area contributed by atoms with Crippen LogP contribution in [0.1, 0.15) is 30.6 Å². The third kappa shape index (κ3) is 4.91. The van der Waals surface area contributed by atoms with Crippen LogP contribution in [0.5, 0.6) is 5.75 Å². The molecule has 9 nitrogen and oxygen atoms in total. The first-order valence-electron chi connectivity index (χ1n) is 10.7. The Labute approximate surface area is 193 Å². The molecule has 0 bridgehead atoms. The molecule has 0 saturated carbocycles. The smallest absolute Gasteiger partial charge is 0.258 e. The van der Waals surface area contributed by atoms with Gasteiger partial charge in [-0.05, 0) is 48.6 Å². The molecule has 1 fully saturated rings. The molecule has 10 heteroatoms. The van der Waals surface area contributed by atoms with Crippen molar-refractivity contribution in [3.8, 4) is 17.1 Å². The molecule has 2 heterocycles. The van der Waals surface area contributed by atoms with E-state index in [1.807, 2.05) is 18.2 Å². The van der Waals surface area contributed by atoms with Crippen LogP contribution < -0.4 is 10.1 Å². The minimum Gasteiger partial charge on any atom is -0.496 e. The summed E-state index contributed by atoms with van der Waals surface area (Å²) in [5.74, 6) is 1.21. The Balaban J connectivity index is 1.52. The van der Waals surface area contributed by atoms with Crippen molar-refractivity contribution in [2.24, 2.45) is 11.8 Å². The van der Waals surface area contributed by atoms with Crippen LogP contribution in [-0.2, 0) is 10.0 Å². The molecule has 1 amide bonds. The molecule has 0 radical (unpaired) electrons. The topological polar surface area (TPSA) is 117 Å². The van der Waals surface area contributed by atoms with E-state index in [4.69, 9.17) is 4.74 Å². The fourth-order valence-electron chi connectivity index (χ4n) is 4.20. The number of rotatable bonds is 6. The largest absolute Gasteiger partial charge is 0.496 e. The van der Waals surface area contributed by atoms with E-state index >= 15 is 0 Å². The number of benzene rings is 2. The van der Waals surface area contributed by atoms with Gasteiger partial charge in [-0.2, -0.15) is 9.29 Å². The van der Waals surface area contributed by atoms with Gasteiger partial charge in [0, 0.05) is 18.7 Å². The van der Waals surface area contributed by atoms with E-state index in [2.05, 4.69) is 34.3 Å². The lowest BCUT2D eigenvalue weighted by Crippen LogP contribution is -2.42. The highest BCUT2D eigenvalue weighted by molar-refractivity contribution is 7.89.